The fraction of sp³-hybridized carbons (Fsp3) is 0.667. The second-order valence-electron chi connectivity index (χ2n) is 4.11. The number of aromatic nitrogens is 2. The molecule has 5 heteroatoms. The van der Waals surface area contributed by atoms with Crippen LogP contribution in [0.1, 0.15) is 19.2 Å². The summed E-state index contributed by atoms with van der Waals surface area (Å²) in [6.07, 6.45) is 4.89. The van der Waals surface area contributed by atoms with Crippen LogP contribution in [0.3, 0.4) is 0 Å². The lowest BCUT2D eigenvalue weighted by molar-refractivity contribution is -0.128. The summed E-state index contributed by atoms with van der Waals surface area (Å²) in [5.74, 6) is 2.79. The number of aryl methyl sites for hydroxylation is 1. The van der Waals surface area contributed by atoms with Crippen LogP contribution < -0.4 is 0 Å². The molecule has 0 radical (unpaired) electrons. The summed E-state index contributed by atoms with van der Waals surface area (Å²) in [6, 6.07) is 0. The van der Waals surface area contributed by atoms with Crippen molar-refractivity contribution in [2.45, 2.75) is 32.4 Å². The third-order valence-electron chi connectivity index (χ3n) is 2.77. The first-order chi connectivity index (χ1) is 8.31. The van der Waals surface area contributed by atoms with Crippen molar-refractivity contribution < 1.29 is 9.53 Å². The van der Waals surface area contributed by atoms with Gasteiger partial charge in [0.25, 0.3) is 0 Å². The molecule has 1 aromatic rings. The molecule has 1 fully saturated rings. The van der Waals surface area contributed by atoms with Crippen LogP contribution in [0.4, 0.5) is 0 Å². The minimum absolute atomic E-state index is 0.153. The van der Waals surface area contributed by atoms with Gasteiger partial charge in [-0.1, -0.05) is 6.92 Å². The number of hydrogen-bond donors (Lipinski definition) is 0. The van der Waals surface area contributed by atoms with Gasteiger partial charge < -0.3 is 9.30 Å². The van der Waals surface area contributed by atoms with Crippen molar-refractivity contribution in [3.8, 4) is 0 Å². The van der Waals surface area contributed by atoms with Crippen LogP contribution in [0, 0.1) is 0 Å². The largest absolute Gasteiger partial charge is 0.369 e. The number of imidazole rings is 1. The summed E-state index contributed by atoms with van der Waals surface area (Å²) >= 11 is 1.79. The third-order valence-corrected chi connectivity index (χ3v) is 3.77. The molecular weight excluding hydrogens is 236 g/mol. The normalized spacial score (nSPS) is 20.4. The van der Waals surface area contributed by atoms with Crippen molar-refractivity contribution in [2.24, 2.45) is 0 Å². The monoisotopic (exact) mass is 254 g/mol. The van der Waals surface area contributed by atoms with Crippen LogP contribution in [-0.4, -0.2) is 39.6 Å². The minimum atomic E-state index is -0.236. The van der Waals surface area contributed by atoms with Gasteiger partial charge in [0.1, 0.15) is 11.9 Å². The molecule has 2 rings (SSSR count). The predicted octanol–water partition coefficient (Wildman–Crippen LogP) is 1.54. The molecule has 17 heavy (non-hydrogen) atoms. The number of hydrogen-bond acceptors (Lipinski definition) is 4. The van der Waals surface area contributed by atoms with E-state index in [4.69, 9.17) is 4.74 Å². The van der Waals surface area contributed by atoms with Crippen LogP contribution in [0.15, 0.2) is 12.4 Å². The van der Waals surface area contributed by atoms with Gasteiger partial charge in [0.05, 0.1) is 13.0 Å². The van der Waals surface area contributed by atoms with Gasteiger partial charge in [-0.3, -0.25) is 4.79 Å². The maximum Gasteiger partial charge on any atom is 0.169 e. The first-order valence-electron chi connectivity index (χ1n) is 6.03. The second kappa shape index (κ2) is 6.21. The number of carbonyl (C=O) groups excluding carboxylic acids is 1. The van der Waals surface area contributed by atoms with E-state index in [1.807, 2.05) is 10.8 Å². The highest BCUT2D eigenvalue weighted by molar-refractivity contribution is 7.99. The van der Waals surface area contributed by atoms with Crippen molar-refractivity contribution in [1.82, 2.24) is 9.55 Å². The number of nitrogens with zero attached hydrogens (tertiary/aromatic N) is 2. The fourth-order valence-electron chi connectivity index (χ4n) is 1.90. The number of ketones is 1. The maximum absolute atomic E-state index is 12.0. The van der Waals surface area contributed by atoms with E-state index in [2.05, 4.69) is 11.9 Å². The Balaban J connectivity index is 1.94. The molecule has 0 amide bonds. The zero-order chi connectivity index (χ0) is 12.1. The third kappa shape index (κ3) is 3.33. The fourth-order valence-corrected chi connectivity index (χ4v) is 2.77. The Hall–Kier alpha value is -0.810. The molecule has 0 bridgehead atoms. The molecule has 0 N–H and O–H groups in total. The van der Waals surface area contributed by atoms with Crippen LogP contribution in [-0.2, 0) is 22.5 Å². The Morgan fingerprint density at radius 1 is 1.71 bits per heavy atom. The Morgan fingerprint density at radius 3 is 3.29 bits per heavy atom. The van der Waals surface area contributed by atoms with E-state index < -0.39 is 0 Å². The van der Waals surface area contributed by atoms with Crippen molar-refractivity contribution in [3.63, 3.8) is 0 Å². The van der Waals surface area contributed by atoms with E-state index in [-0.39, 0.29) is 11.9 Å². The zero-order valence-electron chi connectivity index (χ0n) is 10.1. The second-order valence-corrected chi connectivity index (χ2v) is 5.26. The Bertz CT molecular complexity index is 372. The quantitative estimate of drug-likeness (QED) is 0.799. The van der Waals surface area contributed by atoms with Gasteiger partial charge in [0.15, 0.2) is 5.78 Å². The molecule has 1 aliphatic rings. The molecule has 0 spiro atoms. The SMILES string of the molecule is CCCn1ccnc1CC(=O)C1CSCCO1. The summed E-state index contributed by atoms with van der Waals surface area (Å²) < 4.78 is 7.53. The molecule has 1 unspecified atom stereocenters. The molecule has 0 aromatic carbocycles. The number of Topliss-reactive ketones (excluding diaryl/α,β-unsaturated/α-hetero) is 1. The van der Waals surface area contributed by atoms with E-state index in [1.54, 1.807) is 18.0 Å². The summed E-state index contributed by atoms with van der Waals surface area (Å²) in [5, 5.41) is 0. The van der Waals surface area contributed by atoms with Gasteiger partial charge in [0, 0.05) is 30.4 Å². The lowest BCUT2D eigenvalue weighted by Gasteiger charge is -2.20. The predicted molar refractivity (Wildman–Crippen MR) is 68.3 cm³/mol. The smallest absolute Gasteiger partial charge is 0.169 e. The number of thioether (sulfide) groups is 1. The van der Waals surface area contributed by atoms with Gasteiger partial charge in [0.2, 0.25) is 0 Å². The lowest BCUT2D eigenvalue weighted by Crippen LogP contribution is -2.33. The first kappa shape index (κ1) is 12.6. The van der Waals surface area contributed by atoms with Crippen LogP contribution in [0.2, 0.25) is 0 Å². The lowest BCUT2D eigenvalue weighted by atomic mass is 10.2. The molecule has 2 heterocycles. The van der Waals surface area contributed by atoms with Gasteiger partial charge in [-0.15, -0.1) is 0 Å². The average Bonchev–Trinajstić information content (AvgIpc) is 2.78. The molecule has 1 atom stereocenters. The molecular formula is C12H18N2O2S. The van der Waals surface area contributed by atoms with Gasteiger partial charge in [-0.2, -0.15) is 11.8 Å². The topological polar surface area (TPSA) is 44.1 Å². The summed E-state index contributed by atoms with van der Waals surface area (Å²) in [5.41, 5.74) is 0. The molecule has 4 nitrogen and oxygen atoms in total. The van der Waals surface area contributed by atoms with Gasteiger partial charge >= 0.3 is 0 Å². The minimum Gasteiger partial charge on any atom is -0.369 e. The van der Waals surface area contributed by atoms with E-state index >= 15 is 0 Å². The van der Waals surface area contributed by atoms with E-state index in [1.165, 1.54) is 0 Å². The standard InChI is InChI=1S/C12H18N2O2S/c1-2-4-14-5-3-13-12(14)8-10(15)11-9-17-7-6-16-11/h3,5,11H,2,4,6-9H2,1H3. The average molecular weight is 254 g/mol. The van der Waals surface area contributed by atoms with Gasteiger partial charge in [-0.25, -0.2) is 4.98 Å². The van der Waals surface area contributed by atoms with Crippen molar-refractivity contribution in [3.05, 3.63) is 18.2 Å². The Morgan fingerprint density at radius 2 is 2.59 bits per heavy atom. The molecule has 0 aliphatic carbocycles. The molecule has 94 valence electrons. The highest BCUT2D eigenvalue weighted by Crippen LogP contribution is 2.15. The van der Waals surface area contributed by atoms with E-state index in [9.17, 15) is 4.79 Å². The summed E-state index contributed by atoms with van der Waals surface area (Å²) in [6.45, 7) is 3.72. The number of carbonyl (C=O) groups is 1. The first-order valence-corrected chi connectivity index (χ1v) is 7.18. The van der Waals surface area contributed by atoms with E-state index in [0.717, 1.165) is 30.3 Å². The van der Waals surface area contributed by atoms with E-state index in [0.29, 0.717) is 13.0 Å². The summed E-state index contributed by atoms with van der Waals surface area (Å²) in [4.78, 5) is 16.3. The molecule has 1 saturated heterocycles. The van der Waals surface area contributed by atoms with Crippen LogP contribution in [0.25, 0.3) is 0 Å². The van der Waals surface area contributed by atoms with Crippen LogP contribution in [0.5, 0.6) is 0 Å². The van der Waals surface area contributed by atoms with Crippen molar-refractivity contribution in [2.75, 3.05) is 18.1 Å². The highest BCUT2D eigenvalue weighted by Gasteiger charge is 2.23. The number of ether oxygens (including phenoxy) is 1. The maximum atomic E-state index is 12.0. The van der Waals surface area contributed by atoms with Crippen LogP contribution >= 0.6 is 11.8 Å². The Kier molecular flexibility index (Phi) is 4.62. The zero-order valence-corrected chi connectivity index (χ0v) is 10.9. The highest BCUT2D eigenvalue weighted by atomic mass is 32.2. The molecule has 1 aromatic heterocycles. The van der Waals surface area contributed by atoms with Gasteiger partial charge in [-0.05, 0) is 6.42 Å². The van der Waals surface area contributed by atoms with Crippen molar-refractivity contribution >= 4 is 17.5 Å². The van der Waals surface area contributed by atoms with Crippen molar-refractivity contribution in [1.29, 1.82) is 0 Å². The summed E-state index contributed by atoms with van der Waals surface area (Å²) in [7, 11) is 0. The molecule has 0 saturated carbocycles. The number of rotatable bonds is 5. The molecule has 1 aliphatic heterocycles. The Labute approximate surface area is 106 Å².